The standard InChI is InChI=1S/C34H38N4O9/c1-20(33(44)46-18-22-10-4-3-5-11-22)36-32(43)30(21(2)40)38-31(42)28(17-39)37-29(41)16-35-34(45)47-19-27-25-14-8-6-12-23(25)24-13-7-9-15-26(24)27/h3-15,20-21,27-28,30,39-40H,16-19H2,1-2H3,(H,35,45)(H,36,43)(H,37,41)(H,38,42). The van der Waals surface area contributed by atoms with Crippen molar-refractivity contribution in [2.75, 3.05) is 19.8 Å². The maximum Gasteiger partial charge on any atom is 0.407 e. The Morgan fingerprint density at radius 3 is 1.96 bits per heavy atom. The molecule has 3 aromatic carbocycles. The van der Waals surface area contributed by atoms with Gasteiger partial charge in [-0.3, -0.25) is 14.4 Å². The molecule has 0 aromatic heterocycles. The number of fused-ring (bicyclic) bond motifs is 3. The Kier molecular flexibility index (Phi) is 12.0. The van der Waals surface area contributed by atoms with Crippen LogP contribution in [0.1, 0.15) is 36.5 Å². The third-order valence-corrected chi connectivity index (χ3v) is 7.57. The highest BCUT2D eigenvalue weighted by Gasteiger charge is 2.32. The first-order valence-corrected chi connectivity index (χ1v) is 15.1. The first kappa shape index (κ1) is 34.6. The number of nitrogens with one attached hydrogen (secondary N) is 4. The van der Waals surface area contributed by atoms with Gasteiger partial charge in [0.15, 0.2) is 0 Å². The number of aliphatic hydroxyl groups excluding tert-OH is 2. The van der Waals surface area contributed by atoms with Gasteiger partial charge in [0, 0.05) is 5.92 Å². The third kappa shape index (κ3) is 9.15. The van der Waals surface area contributed by atoms with Crippen molar-refractivity contribution in [1.29, 1.82) is 0 Å². The Morgan fingerprint density at radius 1 is 0.766 bits per heavy atom. The lowest BCUT2D eigenvalue weighted by Gasteiger charge is -2.25. The molecule has 4 amide bonds. The van der Waals surface area contributed by atoms with Crippen LogP contribution in [0.15, 0.2) is 78.9 Å². The van der Waals surface area contributed by atoms with E-state index in [2.05, 4.69) is 21.3 Å². The smallest absolute Gasteiger partial charge is 0.407 e. The van der Waals surface area contributed by atoms with Gasteiger partial charge in [-0.2, -0.15) is 0 Å². The molecule has 13 heteroatoms. The molecule has 1 aliphatic rings. The quantitative estimate of drug-likeness (QED) is 0.139. The maximum atomic E-state index is 12.8. The van der Waals surface area contributed by atoms with E-state index >= 15 is 0 Å². The fraction of sp³-hybridized carbons (Fsp3) is 0.324. The van der Waals surface area contributed by atoms with Crippen LogP contribution >= 0.6 is 0 Å². The number of ether oxygens (including phenoxy) is 2. The van der Waals surface area contributed by atoms with Crippen molar-refractivity contribution in [3.63, 3.8) is 0 Å². The van der Waals surface area contributed by atoms with Crippen LogP contribution in [0.2, 0.25) is 0 Å². The molecule has 1 aliphatic carbocycles. The average Bonchev–Trinajstić information content (AvgIpc) is 3.40. The van der Waals surface area contributed by atoms with E-state index in [0.29, 0.717) is 0 Å². The van der Waals surface area contributed by atoms with Crippen molar-refractivity contribution in [3.05, 3.63) is 95.6 Å². The third-order valence-electron chi connectivity index (χ3n) is 7.57. The molecule has 0 heterocycles. The van der Waals surface area contributed by atoms with Crippen LogP contribution in [0.5, 0.6) is 0 Å². The second-order valence-corrected chi connectivity index (χ2v) is 11.0. The number of alkyl carbamates (subject to hydrolysis) is 1. The minimum atomic E-state index is -1.53. The number of hydrogen-bond donors (Lipinski definition) is 6. The topological polar surface area (TPSA) is 192 Å². The Balaban J connectivity index is 1.22. The molecule has 6 N–H and O–H groups in total. The van der Waals surface area contributed by atoms with Crippen LogP contribution in [0, 0.1) is 0 Å². The molecule has 0 spiro atoms. The SMILES string of the molecule is CC(NC(=O)C(NC(=O)C(CO)NC(=O)CNC(=O)OCC1c2ccccc2-c2ccccc21)C(C)O)C(=O)OCc1ccccc1. The van der Waals surface area contributed by atoms with E-state index in [4.69, 9.17) is 9.47 Å². The minimum absolute atomic E-state index is 0.00944. The number of benzene rings is 3. The van der Waals surface area contributed by atoms with E-state index in [1.54, 1.807) is 24.3 Å². The maximum absolute atomic E-state index is 12.8. The summed E-state index contributed by atoms with van der Waals surface area (Å²) in [5.41, 5.74) is 4.93. The normalized spacial score (nSPS) is 14.3. The van der Waals surface area contributed by atoms with Crippen LogP contribution in [-0.2, 0) is 35.3 Å². The highest BCUT2D eigenvalue weighted by molar-refractivity contribution is 5.94. The fourth-order valence-electron chi connectivity index (χ4n) is 5.12. The number of amides is 4. The minimum Gasteiger partial charge on any atom is -0.459 e. The lowest BCUT2D eigenvalue weighted by Crippen LogP contribution is -2.59. The Labute approximate surface area is 271 Å². The van der Waals surface area contributed by atoms with Gasteiger partial charge in [-0.1, -0.05) is 78.9 Å². The van der Waals surface area contributed by atoms with Gasteiger partial charge in [0.05, 0.1) is 12.7 Å². The number of aliphatic hydroxyl groups is 2. The van der Waals surface area contributed by atoms with Crippen LogP contribution in [0.4, 0.5) is 4.79 Å². The highest BCUT2D eigenvalue weighted by atomic mass is 16.5. The van der Waals surface area contributed by atoms with E-state index in [1.165, 1.54) is 13.8 Å². The van der Waals surface area contributed by atoms with Gasteiger partial charge < -0.3 is 41.0 Å². The van der Waals surface area contributed by atoms with Gasteiger partial charge in [0.2, 0.25) is 17.7 Å². The van der Waals surface area contributed by atoms with Crippen LogP contribution < -0.4 is 21.3 Å². The second kappa shape index (κ2) is 16.3. The van der Waals surface area contributed by atoms with E-state index in [0.717, 1.165) is 27.8 Å². The molecular formula is C34H38N4O9. The lowest BCUT2D eigenvalue weighted by molar-refractivity contribution is -0.149. The van der Waals surface area contributed by atoms with Crippen molar-refractivity contribution in [3.8, 4) is 11.1 Å². The largest absolute Gasteiger partial charge is 0.459 e. The van der Waals surface area contributed by atoms with Gasteiger partial charge in [0.25, 0.3) is 0 Å². The van der Waals surface area contributed by atoms with Crippen molar-refractivity contribution < 1.29 is 43.7 Å². The molecular weight excluding hydrogens is 608 g/mol. The second-order valence-electron chi connectivity index (χ2n) is 11.0. The summed E-state index contributed by atoms with van der Waals surface area (Å²) in [7, 11) is 0. The Hall–Kier alpha value is -5.27. The summed E-state index contributed by atoms with van der Waals surface area (Å²) in [5.74, 6) is -3.60. The zero-order valence-corrected chi connectivity index (χ0v) is 26.0. The number of esters is 1. The predicted molar refractivity (Wildman–Crippen MR) is 170 cm³/mol. The lowest BCUT2D eigenvalue weighted by atomic mass is 9.98. The number of hydrogen-bond acceptors (Lipinski definition) is 9. The molecule has 4 unspecified atom stereocenters. The first-order chi connectivity index (χ1) is 22.6. The molecule has 0 saturated carbocycles. The van der Waals surface area contributed by atoms with Crippen LogP contribution in [-0.4, -0.2) is 84.0 Å². The molecule has 4 atom stereocenters. The summed E-state index contributed by atoms with van der Waals surface area (Å²) < 4.78 is 10.6. The summed E-state index contributed by atoms with van der Waals surface area (Å²) in [6.07, 6.45) is -2.26. The Morgan fingerprint density at radius 2 is 1.36 bits per heavy atom. The zero-order valence-electron chi connectivity index (χ0n) is 26.0. The monoisotopic (exact) mass is 646 g/mol. The molecule has 248 valence electrons. The van der Waals surface area contributed by atoms with Gasteiger partial charge in [-0.05, 0) is 41.7 Å². The van der Waals surface area contributed by atoms with E-state index in [-0.39, 0.29) is 19.1 Å². The Bertz CT molecular complexity index is 1540. The van der Waals surface area contributed by atoms with Gasteiger partial charge in [0.1, 0.15) is 37.9 Å². The van der Waals surface area contributed by atoms with Gasteiger partial charge in [-0.15, -0.1) is 0 Å². The number of carbonyl (C=O) groups excluding carboxylic acids is 5. The average molecular weight is 647 g/mol. The molecule has 0 aliphatic heterocycles. The first-order valence-electron chi connectivity index (χ1n) is 15.1. The van der Waals surface area contributed by atoms with Crippen LogP contribution in [0.25, 0.3) is 11.1 Å². The number of rotatable bonds is 14. The van der Waals surface area contributed by atoms with Crippen molar-refractivity contribution in [2.24, 2.45) is 0 Å². The summed E-state index contributed by atoms with van der Waals surface area (Å²) >= 11 is 0. The summed E-state index contributed by atoms with van der Waals surface area (Å²) in [6.45, 7) is 1.24. The predicted octanol–water partition coefficient (Wildman–Crippen LogP) is 1.12. The fourth-order valence-corrected chi connectivity index (χ4v) is 5.12. The van der Waals surface area contributed by atoms with Crippen molar-refractivity contribution >= 4 is 29.8 Å². The summed E-state index contributed by atoms with van der Waals surface area (Å²) in [6, 6.07) is 20.4. The molecule has 0 radical (unpaired) electrons. The van der Waals surface area contributed by atoms with Gasteiger partial charge in [-0.25, -0.2) is 9.59 Å². The molecule has 47 heavy (non-hydrogen) atoms. The molecule has 3 aromatic rings. The summed E-state index contributed by atoms with van der Waals surface area (Å²) in [5, 5.41) is 29.1. The molecule has 0 fully saturated rings. The van der Waals surface area contributed by atoms with Crippen molar-refractivity contribution in [1.82, 2.24) is 21.3 Å². The van der Waals surface area contributed by atoms with Crippen LogP contribution in [0.3, 0.4) is 0 Å². The number of carbonyl (C=O) groups is 5. The molecule has 4 rings (SSSR count). The van der Waals surface area contributed by atoms with Crippen molar-refractivity contribution in [2.45, 2.75) is 50.6 Å². The molecule has 0 bridgehead atoms. The van der Waals surface area contributed by atoms with E-state index in [9.17, 15) is 34.2 Å². The molecule has 13 nitrogen and oxygen atoms in total. The van der Waals surface area contributed by atoms with E-state index in [1.807, 2.05) is 54.6 Å². The molecule has 0 saturated heterocycles. The van der Waals surface area contributed by atoms with E-state index < -0.39 is 67.2 Å². The van der Waals surface area contributed by atoms with Gasteiger partial charge >= 0.3 is 12.1 Å². The highest BCUT2D eigenvalue weighted by Crippen LogP contribution is 2.44. The zero-order chi connectivity index (χ0) is 33.9. The summed E-state index contributed by atoms with van der Waals surface area (Å²) in [4.78, 5) is 62.9.